The fraction of sp³-hybridized carbons (Fsp3) is 0.318. The van der Waals surface area contributed by atoms with Gasteiger partial charge in [-0.05, 0) is 25.3 Å². The van der Waals surface area contributed by atoms with Crippen molar-refractivity contribution in [1.82, 2.24) is 9.97 Å². The van der Waals surface area contributed by atoms with Crippen molar-refractivity contribution >= 4 is 50.7 Å². The van der Waals surface area contributed by atoms with Gasteiger partial charge in [-0.25, -0.2) is 9.97 Å². The molecular formula is C22H22N4O4S2. The molecule has 0 saturated heterocycles. The molecule has 4 rings (SSSR count). The van der Waals surface area contributed by atoms with Gasteiger partial charge in [-0.15, -0.1) is 22.7 Å². The van der Waals surface area contributed by atoms with Crippen LogP contribution in [-0.4, -0.2) is 34.4 Å². The van der Waals surface area contributed by atoms with Gasteiger partial charge in [0.2, 0.25) is 11.8 Å². The van der Waals surface area contributed by atoms with Gasteiger partial charge in [-0.2, -0.15) is 0 Å². The molecule has 2 heterocycles. The fourth-order valence-electron chi connectivity index (χ4n) is 3.47. The van der Waals surface area contributed by atoms with E-state index in [1.165, 1.54) is 22.7 Å². The lowest BCUT2D eigenvalue weighted by atomic mass is 10.1. The summed E-state index contributed by atoms with van der Waals surface area (Å²) in [5, 5.41) is 8.23. The average molecular weight is 471 g/mol. The van der Waals surface area contributed by atoms with E-state index in [1.54, 1.807) is 12.3 Å². The number of ether oxygens (including phenoxy) is 1. The number of thiazole rings is 2. The van der Waals surface area contributed by atoms with Crippen LogP contribution < -0.4 is 10.6 Å². The number of amides is 2. The Morgan fingerprint density at radius 1 is 1.06 bits per heavy atom. The summed E-state index contributed by atoms with van der Waals surface area (Å²) in [6, 6.07) is 9.45. The van der Waals surface area contributed by atoms with Crippen LogP contribution in [0.25, 0.3) is 0 Å². The number of rotatable bonds is 8. The monoisotopic (exact) mass is 470 g/mol. The van der Waals surface area contributed by atoms with Crippen LogP contribution in [0.5, 0.6) is 0 Å². The van der Waals surface area contributed by atoms with E-state index in [2.05, 4.69) is 20.6 Å². The highest BCUT2D eigenvalue weighted by atomic mass is 32.1. The van der Waals surface area contributed by atoms with Crippen molar-refractivity contribution in [2.75, 3.05) is 17.2 Å². The molecule has 1 aliphatic carbocycles. The number of hydrogen-bond donors (Lipinski definition) is 2. The fourth-order valence-corrected chi connectivity index (χ4v) is 5.25. The normalized spacial score (nSPS) is 14.6. The SMILES string of the molecule is CCOC(=O)C1CCc2sc(NC(=O)Cc3csc(NC(=O)Cc4ccccc4)n3)nc21. The van der Waals surface area contributed by atoms with Crippen LogP contribution in [0.1, 0.15) is 41.1 Å². The van der Waals surface area contributed by atoms with Crippen molar-refractivity contribution < 1.29 is 19.1 Å². The van der Waals surface area contributed by atoms with E-state index in [-0.39, 0.29) is 36.5 Å². The molecule has 32 heavy (non-hydrogen) atoms. The van der Waals surface area contributed by atoms with Crippen molar-refractivity contribution in [2.45, 2.75) is 38.5 Å². The molecule has 0 radical (unpaired) electrons. The van der Waals surface area contributed by atoms with Crippen molar-refractivity contribution in [3.8, 4) is 0 Å². The molecule has 3 aromatic rings. The second-order valence-electron chi connectivity index (χ2n) is 7.25. The van der Waals surface area contributed by atoms with E-state index >= 15 is 0 Å². The molecule has 10 heteroatoms. The van der Waals surface area contributed by atoms with Crippen LogP contribution in [0.2, 0.25) is 0 Å². The molecule has 1 aromatic carbocycles. The van der Waals surface area contributed by atoms with Gasteiger partial charge < -0.3 is 15.4 Å². The molecule has 1 unspecified atom stereocenters. The van der Waals surface area contributed by atoms with Crippen LogP contribution in [-0.2, 0) is 38.4 Å². The standard InChI is InChI=1S/C22H22N4O4S2/c1-2-30-20(29)15-8-9-16-19(15)26-22(32-16)25-18(28)11-14-12-31-21(23-14)24-17(27)10-13-6-4-3-5-7-13/h3-7,12,15H,2,8-11H2,1H3,(H,23,24,27)(H,25,26,28). The average Bonchev–Trinajstić information content (AvgIpc) is 3.45. The molecule has 8 nitrogen and oxygen atoms in total. The van der Waals surface area contributed by atoms with Crippen LogP contribution in [0, 0.1) is 0 Å². The lowest BCUT2D eigenvalue weighted by molar-refractivity contribution is -0.145. The van der Waals surface area contributed by atoms with Crippen LogP contribution in [0.4, 0.5) is 10.3 Å². The lowest BCUT2D eigenvalue weighted by Gasteiger charge is -2.07. The van der Waals surface area contributed by atoms with E-state index in [9.17, 15) is 14.4 Å². The second kappa shape index (κ2) is 10.0. The zero-order valence-corrected chi connectivity index (χ0v) is 19.1. The lowest BCUT2D eigenvalue weighted by Crippen LogP contribution is -2.16. The van der Waals surface area contributed by atoms with Crippen molar-refractivity contribution in [1.29, 1.82) is 0 Å². The summed E-state index contributed by atoms with van der Waals surface area (Å²) in [6.45, 7) is 2.11. The Kier molecular flexibility index (Phi) is 6.91. The number of carbonyl (C=O) groups excluding carboxylic acids is 3. The van der Waals surface area contributed by atoms with E-state index in [0.717, 1.165) is 16.9 Å². The Balaban J connectivity index is 1.30. The first-order chi connectivity index (χ1) is 15.5. The van der Waals surface area contributed by atoms with Gasteiger partial charge in [-0.1, -0.05) is 30.3 Å². The predicted molar refractivity (Wildman–Crippen MR) is 123 cm³/mol. The molecular weight excluding hydrogens is 448 g/mol. The molecule has 1 aliphatic rings. The van der Waals surface area contributed by atoms with E-state index < -0.39 is 0 Å². The largest absolute Gasteiger partial charge is 0.465 e. The zero-order chi connectivity index (χ0) is 22.5. The Morgan fingerprint density at radius 3 is 2.59 bits per heavy atom. The Hall–Kier alpha value is -3.11. The summed E-state index contributed by atoms with van der Waals surface area (Å²) in [6.07, 6.45) is 1.78. The predicted octanol–water partition coefficient (Wildman–Crippen LogP) is 3.55. The summed E-state index contributed by atoms with van der Waals surface area (Å²) in [5.41, 5.74) is 2.19. The van der Waals surface area contributed by atoms with Gasteiger partial charge >= 0.3 is 5.97 Å². The summed E-state index contributed by atoms with van der Waals surface area (Å²) in [4.78, 5) is 46.5. The summed E-state index contributed by atoms with van der Waals surface area (Å²) >= 11 is 2.67. The van der Waals surface area contributed by atoms with Gasteiger partial charge in [0.25, 0.3) is 0 Å². The molecule has 2 N–H and O–H groups in total. The minimum Gasteiger partial charge on any atom is -0.465 e. The zero-order valence-electron chi connectivity index (χ0n) is 17.4. The molecule has 1 atom stereocenters. The smallest absolute Gasteiger partial charge is 0.315 e. The topological polar surface area (TPSA) is 110 Å². The molecule has 0 saturated carbocycles. The third-order valence-electron chi connectivity index (χ3n) is 4.88. The van der Waals surface area contributed by atoms with Crippen molar-refractivity contribution in [2.24, 2.45) is 0 Å². The maximum absolute atomic E-state index is 12.4. The summed E-state index contributed by atoms with van der Waals surface area (Å²) < 4.78 is 5.12. The molecule has 0 fully saturated rings. The number of hydrogen-bond acceptors (Lipinski definition) is 8. The molecule has 0 aliphatic heterocycles. The maximum Gasteiger partial charge on any atom is 0.315 e. The first-order valence-corrected chi connectivity index (χ1v) is 12.0. The minimum absolute atomic E-state index is 0.0661. The highest BCUT2D eigenvalue weighted by Gasteiger charge is 2.33. The van der Waals surface area contributed by atoms with Gasteiger partial charge in [0, 0.05) is 10.3 Å². The first-order valence-electron chi connectivity index (χ1n) is 10.3. The highest BCUT2D eigenvalue weighted by molar-refractivity contribution is 7.16. The van der Waals surface area contributed by atoms with Gasteiger partial charge in [0.1, 0.15) is 5.92 Å². The number of aromatic nitrogens is 2. The number of nitrogens with one attached hydrogen (secondary N) is 2. The first kappa shape index (κ1) is 22.1. The highest BCUT2D eigenvalue weighted by Crippen LogP contribution is 2.39. The number of fused-ring (bicyclic) bond motifs is 1. The summed E-state index contributed by atoms with van der Waals surface area (Å²) in [7, 11) is 0. The molecule has 166 valence electrons. The number of carbonyl (C=O) groups is 3. The van der Waals surface area contributed by atoms with E-state index in [1.807, 2.05) is 30.3 Å². The van der Waals surface area contributed by atoms with Gasteiger partial charge in [0.15, 0.2) is 10.3 Å². The van der Waals surface area contributed by atoms with Crippen LogP contribution in [0.3, 0.4) is 0 Å². The third-order valence-corrected chi connectivity index (χ3v) is 6.74. The summed E-state index contributed by atoms with van der Waals surface area (Å²) in [5.74, 6) is -1.03. The molecule has 0 spiro atoms. The van der Waals surface area contributed by atoms with Gasteiger partial charge in [0.05, 0.1) is 30.8 Å². The number of anilines is 2. The number of esters is 1. The van der Waals surface area contributed by atoms with E-state index in [0.29, 0.717) is 34.7 Å². The molecule has 2 aromatic heterocycles. The van der Waals surface area contributed by atoms with Crippen LogP contribution >= 0.6 is 22.7 Å². The Bertz CT molecular complexity index is 1130. The quantitative estimate of drug-likeness (QED) is 0.487. The third kappa shape index (κ3) is 5.38. The number of aryl methyl sites for hydroxylation is 1. The van der Waals surface area contributed by atoms with Gasteiger partial charge in [-0.3, -0.25) is 14.4 Å². The Labute approximate surface area is 193 Å². The molecule has 0 bridgehead atoms. The minimum atomic E-state index is -0.354. The second-order valence-corrected chi connectivity index (χ2v) is 9.19. The number of benzene rings is 1. The molecule has 2 amide bonds. The number of nitrogens with zero attached hydrogens (tertiary/aromatic N) is 2. The van der Waals surface area contributed by atoms with Crippen LogP contribution in [0.15, 0.2) is 35.7 Å². The van der Waals surface area contributed by atoms with E-state index in [4.69, 9.17) is 4.74 Å². The Morgan fingerprint density at radius 2 is 1.81 bits per heavy atom. The van der Waals surface area contributed by atoms with Crippen molar-refractivity contribution in [3.63, 3.8) is 0 Å². The maximum atomic E-state index is 12.4. The van der Waals surface area contributed by atoms with Crippen molar-refractivity contribution in [3.05, 3.63) is 57.5 Å².